The molecule has 1 N–H and O–H groups in total. The third kappa shape index (κ3) is 5.19. The fourth-order valence-corrected chi connectivity index (χ4v) is 3.36. The normalized spacial score (nSPS) is 14.7. The number of piperazine rings is 1. The number of rotatable bonds is 7. The number of benzene rings is 1. The molecule has 1 aliphatic rings. The molecule has 3 rings (SSSR count). The number of nitrogens with one attached hydrogen (secondary N) is 1. The van der Waals surface area contributed by atoms with Crippen molar-refractivity contribution in [1.29, 1.82) is 0 Å². The van der Waals surface area contributed by atoms with Crippen LogP contribution in [0.5, 0.6) is 0 Å². The number of halogens is 2. The van der Waals surface area contributed by atoms with Gasteiger partial charge in [-0.3, -0.25) is 19.2 Å². The molecule has 2 aromatic rings. The molecule has 162 valence electrons. The second-order valence-corrected chi connectivity index (χ2v) is 7.10. The van der Waals surface area contributed by atoms with Gasteiger partial charge < -0.3 is 15.0 Å². The van der Waals surface area contributed by atoms with Gasteiger partial charge in [0.25, 0.3) is 5.91 Å². The van der Waals surface area contributed by atoms with Gasteiger partial charge >= 0.3 is 0 Å². The van der Waals surface area contributed by atoms with E-state index in [1.54, 1.807) is 19.1 Å². The van der Waals surface area contributed by atoms with Crippen LogP contribution >= 0.6 is 0 Å². The Balaban J connectivity index is 1.64. The molecule has 0 radical (unpaired) electrons. The maximum Gasteiger partial charge on any atom is 0.257 e. The van der Waals surface area contributed by atoms with Gasteiger partial charge in [0.1, 0.15) is 17.3 Å². The van der Waals surface area contributed by atoms with E-state index in [9.17, 15) is 18.4 Å². The molecule has 10 heteroatoms. The van der Waals surface area contributed by atoms with E-state index in [1.165, 1.54) is 16.9 Å². The summed E-state index contributed by atoms with van der Waals surface area (Å²) in [6.45, 7) is 3.13. The fraction of sp³-hybridized carbons (Fsp3) is 0.450. The highest BCUT2D eigenvalue weighted by Gasteiger charge is 2.27. The van der Waals surface area contributed by atoms with Crippen LogP contribution in [0.15, 0.2) is 24.4 Å². The van der Waals surface area contributed by atoms with Gasteiger partial charge in [-0.2, -0.15) is 5.10 Å². The maximum absolute atomic E-state index is 14.2. The highest BCUT2D eigenvalue weighted by atomic mass is 19.1. The van der Waals surface area contributed by atoms with Crippen molar-refractivity contribution in [2.75, 3.05) is 53.0 Å². The first-order valence-electron chi connectivity index (χ1n) is 9.65. The SMILES string of the molecule is COCCNC(=O)CN1CCN(C(=O)c2cn(C)nc2-c2ccc(F)cc2F)CC1. The quantitative estimate of drug-likeness (QED) is 0.672. The topological polar surface area (TPSA) is 79.7 Å². The number of ether oxygens (including phenoxy) is 1. The Bertz CT molecular complexity index is 910. The van der Waals surface area contributed by atoms with E-state index >= 15 is 0 Å². The summed E-state index contributed by atoms with van der Waals surface area (Å²) in [5, 5.41) is 6.98. The Labute approximate surface area is 173 Å². The molecule has 0 bridgehead atoms. The lowest BCUT2D eigenvalue weighted by molar-refractivity contribution is -0.122. The van der Waals surface area contributed by atoms with Crippen LogP contribution in [0, 0.1) is 11.6 Å². The first kappa shape index (κ1) is 21.8. The minimum absolute atomic E-state index is 0.0757. The summed E-state index contributed by atoms with van der Waals surface area (Å²) in [6, 6.07) is 3.19. The largest absolute Gasteiger partial charge is 0.383 e. The number of aromatic nitrogens is 2. The lowest BCUT2D eigenvalue weighted by atomic mass is 10.1. The first-order chi connectivity index (χ1) is 14.4. The van der Waals surface area contributed by atoms with Gasteiger partial charge in [-0.25, -0.2) is 8.78 Å². The molecule has 30 heavy (non-hydrogen) atoms. The molecule has 0 unspecified atom stereocenters. The summed E-state index contributed by atoms with van der Waals surface area (Å²) >= 11 is 0. The van der Waals surface area contributed by atoms with Crippen LogP contribution in [-0.4, -0.2) is 84.4 Å². The summed E-state index contributed by atoms with van der Waals surface area (Å²) in [5.74, 6) is -1.83. The van der Waals surface area contributed by atoms with Gasteiger partial charge in [-0.1, -0.05) is 0 Å². The summed E-state index contributed by atoms with van der Waals surface area (Å²) < 4.78 is 33.8. The molecular formula is C20H25F2N5O3. The van der Waals surface area contributed by atoms with Gasteiger partial charge in [0, 0.05) is 64.7 Å². The Morgan fingerprint density at radius 2 is 1.93 bits per heavy atom. The minimum atomic E-state index is -0.771. The number of carbonyl (C=O) groups is 2. The zero-order valence-electron chi connectivity index (χ0n) is 17.0. The predicted octanol–water partition coefficient (Wildman–Crippen LogP) is 0.886. The van der Waals surface area contributed by atoms with Crippen LogP contribution < -0.4 is 5.32 Å². The molecule has 0 aliphatic carbocycles. The van der Waals surface area contributed by atoms with Gasteiger partial charge in [0.2, 0.25) is 5.91 Å². The second kappa shape index (κ2) is 9.77. The molecule has 1 saturated heterocycles. The van der Waals surface area contributed by atoms with E-state index in [2.05, 4.69) is 10.4 Å². The Morgan fingerprint density at radius 1 is 1.20 bits per heavy atom. The van der Waals surface area contributed by atoms with Crippen molar-refractivity contribution in [3.63, 3.8) is 0 Å². The maximum atomic E-state index is 14.2. The Morgan fingerprint density at radius 3 is 2.60 bits per heavy atom. The number of carbonyl (C=O) groups excluding carboxylic acids is 2. The monoisotopic (exact) mass is 421 g/mol. The average Bonchev–Trinajstić information content (AvgIpc) is 3.09. The number of methoxy groups -OCH3 is 1. The first-order valence-corrected chi connectivity index (χ1v) is 9.65. The zero-order chi connectivity index (χ0) is 21.7. The number of nitrogens with zero attached hydrogens (tertiary/aromatic N) is 4. The van der Waals surface area contributed by atoms with Crippen molar-refractivity contribution in [2.24, 2.45) is 7.05 Å². The number of aryl methyl sites for hydroxylation is 1. The van der Waals surface area contributed by atoms with Crippen molar-refractivity contribution >= 4 is 11.8 Å². The fourth-order valence-electron chi connectivity index (χ4n) is 3.36. The summed E-state index contributed by atoms with van der Waals surface area (Å²) in [4.78, 5) is 28.6. The number of hydrogen-bond donors (Lipinski definition) is 1. The van der Waals surface area contributed by atoms with E-state index < -0.39 is 11.6 Å². The molecule has 2 heterocycles. The molecule has 1 aromatic heterocycles. The molecular weight excluding hydrogens is 396 g/mol. The minimum Gasteiger partial charge on any atom is -0.383 e. The van der Waals surface area contributed by atoms with E-state index in [0.717, 1.165) is 12.1 Å². The molecule has 0 saturated carbocycles. The third-order valence-corrected chi connectivity index (χ3v) is 4.90. The highest BCUT2D eigenvalue weighted by Crippen LogP contribution is 2.26. The van der Waals surface area contributed by atoms with Crippen LogP contribution in [0.3, 0.4) is 0 Å². The Hall–Kier alpha value is -2.85. The van der Waals surface area contributed by atoms with Crippen molar-refractivity contribution in [2.45, 2.75) is 0 Å². The van der Waals surface area contributed by atoms with Gasteiger partial charge in [-0.15, -0.1) is 0 Å². The lowest BCUT2D eigenvalue weighted by Crippen LogP contribution is -2.51. The van der Waals surface area contributed by atoms with Crippen LogP contribution in [0.25, 0.3) is 11.3 Å². The summed E-state index contributed by atoms with van der Waals surface area (Å²) in [5.41, 5.74) is 0.514. The predicted molar refractivity (Wildman–Crippen MR) is 106 cm³/mol. The van der Waals surface area contributed by atoms with E-state index in [1.807, 2.05) is 4.90 Å². The molecule has 0 atom stereocenters. The second-order valence-electron chi connectivity index (χ2n) is 7.10. The third-order valence-electron chi connectivity index (χ3n) is 4.90. The van der Waals surface area contributed by atoms with Crippen molar-refractivity contribution in [3.8, 4) is 11.3 Å². The molecule has 0 spiro atoms. The van der Waals surface area contributed by atoms with Crippen LogP contribution in [-0.2, 0) is 16.6 Å². The summed E-state index contributed by atoms with van der Waals surface area (Å²) in [6.07, 6.45) is 1.54. The molecule has 1 aliphatic heterocycles. The van der Waals surface area contributed by atoms with Crippen LogP contribution in [0.2, 0.25) is 0 Å². The van der Waals surface area contributed by atoms with Crippen molar-refractivity contribution in [3.05, 3.63) is 41.6 Å². The molecule has 2 amide bonds. The standard InChI is InChI=1S/C20H25F2N5O3/c1-25-12-16(19(24-25)15-4-3-14(21)11-17(15)22)20(29)27-8-6-26(7-9-27)13-18(28)23-5-10-30-2/h3-4,11-12H,5-10,13H2,1-2H3,(H,23,28). The summed E-state index contributed by atoms with van der Waals surface area (Å²) in [7, 11) is 3.21. The van der Waals surface area contributed by atoms with E-state index in [4.69, 9.17) is 4.74 Å². The highest BCUT2D eigenvalue weighted by molar-refractivity contribution is 6.00. The van der Waals surface area contributed by atoms with E-state index in [-0.39, 0.29) is 35.2 Å². The lowest BCUT2D eigenvalue weighted by Gasteiger charge is -2.34. The van der Waals surface area contributed by atoms with Gasteiger partial charge in [0.15, 0.2) is 0 Å². The van der Waals surface area contributed by atoms with Crippen LogP contribution in [0.1, 0.15) is 10.4 Å². The van der Waals surface area contributed by atoms with Gasteiger partial charge in [-0.05, 0) is 12.1 Å². The zero-order valence-corrected chi connectivity index (χ0v) is 17.0. The van der Waals surface area contributed by atoms with Gasteiger partial charge in [0.05, 0.1) is 18.7 Å². The number of hydrogen-bond acceptors (Lipinski definition) is 5. The van der Waals surface area contributed by atoms with E-state index in [0.29, 0.717) is 39.3 Å². The average molecular weight is 421 g/mol. The Kier molecular flexibility index (Phi) is 7.11. The number of amides is 2. The molecule has 1 fully saturated rings. The smallest absolute Gasteiger partial charge is 0.257 e. The molecule has 1 aromatic carbocycles. The molecule has 8 nitrogen and oxygen atoms in total. The van der Waals surface area contributed by atoms with Crippen LogP contribution in [0.4, 0.5) is 8.78 Å². The van der Waals surface area contributed by atoms with Crippen molar-refractivity contribution in [1.82, 2.24) is 24.9 Å². The van der Waals surface area contributed by atoms with Crippen molar-refractivity contribution < 1.29 is 23.1 Å².